The average molecular weight is 301 g/mol. The summed E-state index contributed by atoms with van der Waals surface area (Å²) in [7, 11) is 0. The van der Waals surface area contributed by atoms with Crippen molar-refractivity contribution in [3.05, 3.63) is 23.9 Å². The quantitative estimate of drug-likeness (QED) is 0.924. The van der Waals surface area contributed by atoms with Crippen molar-refractivity contribution in [3.8, 4) is 0 Å². The van der Waals surface area contributed by atoms with E-state index in [2.05, 4.69) is 10.3 Å². The third-order valence-electron chi connectivity index (χ3n) is 5.32. The number of likely N-dealkylation sites (tertiary alicyclic amines) is 1. The maximum atomic E-state index is 12.7. The highest BCUT2D eigenvalue weighted by molar-refractivity contribution is 5.98. The van der Waals surface area contributed by atoms with Crippen LogP contribution in [-0.2, 0) is 4.74 Å². The molecule has 1 aromatic rings. The average Bonchev–Trinajstić information content (AvgIpc) is 3.01. The number of pyridine rings is 1. The van der Waals surface area contributed by atoms with Crippen LogP contribution in [0, 0.1) is 17.8 Å². The number of nitrogens with zero attached hydrogens (tertiary/aromatic N) is 2. The van der Waals surface area contributed by atoms with E-state index in [-0.39, 0.29) is 5.91 Å². The summed E-state index contributed by atoms with van der Waals surface area (Å²) in [5.41, 5.74) is 0.714. The minimum Gasteiger partial charge on any atom is -0.381 e. The zero-order valence-electron chi connectivity index (χ0n) is 12.8. The number of anilines is 1. The molecule has 2 aliphatic heterocycles. The Labute approximate surface area is 131 Å². The van der Waals surface area contributed by atoms with Gasteiger partial charge >= 0.3 is 0 Å². The number of rotatable bonds is 4. The summed E-state index contributed by atoms with van der Waals surface area (Å²) in [5.74, 6) is 2.99. The Morgan fingerprint density at radius 2 is 2.05 bits per heavy atom. The van der Waals surface area contributed by atoms with E-state index in [9.17, 15) is 4.79 Å². The molecule has 2 unspecified atom stereocenters. The number of carbonyl (C=O) groups is 1. The van der Waals surface area contributed by atoms with Gasteiger partial charge in [0.1, 0.15) is 5.82 Å². The molecule has 5 nitrogen and oxygen atoms in total. The minimum absolute atomic E-state index is 0.120. The van der Waals surface area contributed by atoms with Crippen molar-refractivity contribution in [2.75, 3.05) is 38.2 Å². The summed E-state index contributed by atoms with van der Waals surface area (Å²) in [6.45, 7) is 4.45. The van der Waals surface area contributed by atoms with Crippen molar-refractivity contribution < 1.29 is 9.53 Å². The van der Waals surface area contributed by atoms with Crippen molar-refractivity contribution >= 4 is 11.7 Å². The molecular weight excluding hydrogens is 278 g/mol. The summed E-state index contributed by atoms with van der Waals surface area (Å²) >= 11 is 0. The topological polar surface area (TPSA) is 54.5 Å². The zero-order valence-corrected chi connectivity index (χ0v) is 12.8. The second kappa shape index (κ2) is 5.88. The van der Waals surface area contributed by atoms with Crippen LogP contribution in [0.1, 0.15) is 29.6 Å². The molecule has 0 radical (unpaired) electrons. The van der Waals surface area contributed by atoms with E-state index in [1.807, 2.05) is 17.0 Å². The van der Waals surface area contributed by atoms with Gasteiger partial charge in [-0.3, -0.25) is 4.79 Å². The smallest absolute Gasteiger partial charge is 0.257 e. The maximum absolute atomic E-state index is 12.7. The van der Waals surface area contributed by atoms with E-state index in [4.69, 9.17) is 4.74 Å². The van der Waals surface area contributed by atoms with Gasteiger partial charge < -0.3 is 15.0 Å². The molecule has 1 aromatic heterocycles. The first kappa shape index (κ1) is 14.0. The van der Waals surface area contributed by atoms with E-state index in [1.54, 1.807) is 6.20 Å². The normalized spacial score (nSPS) is 30.0. The number of carbonyl (C=O) groups excluding carboxylic acids is 1. The highest BCUT2D eigenvalue weighted by Crippen LogP contribution is 2.50. The van der Waals surface area contributed by atoms with Crippen LogP contribution in [0.3, 0.4) is 0 Å². The Bertz CT molecular complexity index is 547. The number of piperidine rings is 1. The van der Waals surface area contributed by atoms with Gasteiger partial charge in [-0.15, -0.1) is 0 Å². The van der Waals surface area contributed by atoms with Crippen LogP contribution >= 0.6 is 0 Å². The molecule has 0 spiro atoms. The number of fused-ring (bicyclic) bond motifs is 1. The molecule has 4 rings (SSSR count). The molecule has 118 valence electrons. The van der Waals surface area contributed by atoms with Gasteiger partial charge in [0.2, 0.25) is 0 Å². The zero-order chi connectivity index (χ0) is 14.9. The van der Waals surface area contributed by atoms with E-state index in [0.717, 1.165) is 63.3 Å². The molecule has 22 heavy (non-hydrogen) atoms. The summed E-state index contributed by atoms with van der Waals surface area (Å²) in [5, 5.41) is 3.41. The molecule has 2 atom stereocenters. The Hall–Kier alpha value is -1.62. The van der Waals surface area contributed by atoms with Crippen LogP contribution in [-0.4, -0.2) is 48.6 Å². The van der Waals surface area contributed by atoms with Crippen LogP contribution in [0.4, 0.5) is 5.82 Å². The van der Waals surface area contributed by atoms with Crippen LogP contribution in [0.2, 0.25) is 0 Å². The van der Waals surface area contributed by atoms with E-state index >= 15 is 0 Å². The summed E-state index contributed by atoms with van der Waals surface area (Å²) in [4.78, 5) is 19.1. The Kier molecular flexibility index (Phi) is 3.74. The predicted molar refractivity (Wildman–Crippen MR) is 83.8 cm³/mol. The molecule has 5 heteroatoms. The first-order valence-corrected chi connectivity index (χ1v) is 8.40. The third kappa shape index (κ3) is 2.58. The second-order valence-corrected chi connectivity index (χ2v) is 6.66. The van der Waals surface area contributed by atoms with Gasteiger partial charge in [0, 0.05) is 25.8 Å². The second-order valence-electron chi connectivity index (χ2n) is 6.66. The van der Waals surface area contributed by atoms with Crippen molar-refractivity contribution in [3.63, 3.8) is 0 Å². The van der Waals surface area contributed by atoms with Gasteiger partial charge in [-0.2, -0.15) is 0 Å². The Morgan fingerprint density at radius 3 is 2.82 bits per heavy atom. The van der Waals surface area contributed by atoms with E-state index < -0.39 is 0 Å². The first-order valence-electron chi connectivity index (χ1n) is 8.40. The maximum Gasteiger partial charge on any atom is 0.257 e. The molecule has 2 saturated heterocycles. The van der Waals surface area contributed by atoms with Gasteiger partial charge in [-0.1, -0.05) is 0 Å². The van der Waals surface area contributed by atoms with Crippen LogP contribution < -0.4 is 5.32 Å². The number of nitrogens with one attached hydrogen (secondary N) is 1. The summed E-state index contributed by atoms with van der Waals surface area (Å²) < 4.78 is 5.43. The molecule has 1 amide bonds. The number of aromatic nitrogens is 1. The van der Waals surface area contributed by atoms with Crippen molar-refractivity contribution in [1.82, 2.24) is 9.88 Å². The minimum atomic E-state index is 0.120. The van der Waals surface area contributed by atoms with Crippen LogP contribution in [0.25, 0.3) is 0 Å². The van der Waals surface area contributed by atoms with Crippen molar-refractivity contribution in [1.29, 1.82) is 0 Å². The monoisotopic (exact) mass is 301 g/mol. The molecule has 3 heterocycles. The number of amides is 1. The van der Waals surface area contributed by atoms with Gasteiger partial charge in [0.05, 0.1) is 18.8 Å². The first-order chi connectivity index (χ1) is 10.8. The number of ether oxygens (including phenoxy) is 1. The van der Waals surface area contributed by atoms with Crippen LogP contribution in [0.5, 0.6) is 0 Å². The largest absolute Gasteiger partial charge is 0.381 e. The predicted octanol–water partition coefficient (Wildman–Crippen LogP) is 2.01. The van der Waals surface area contributed by atoms with E-state index in [0.29, 0.717) is 11.5 Å². The fourth-order valence-corrected chi connectivity index (χ4v) is 3.86. The summed E-state index contributed by atoms with van der Waals surface area (Å²) in [6, 6.07) is 3.74. The van der Waals surface area contributed by atoms with E-state index in [1.165, 1.54) is 6.42 Å². The summed E-state index contributed by atoms with van der Waals surface area (Å²) in [6.07, 6.45) is 5.21. The van der Waals surface area contributed by atoms with Crippen molar-refractivity contribution in [2.45, 2.75) is 19.3 Å². The molecule has 3 fully saturated rings. The third-order valence-corrected chi connectivity index (χ3v) is 5.32. The lowest BCUT2D eigenvalue weighted by Gasteiger charge is -2.27. The highest BCUT2D eigenvalue weighted by Gasteiger charge is 2.53. The van der Waals surface area contributed by atoms with Crippen LogP contribution in [0.15, 0.2) is 18.3 Å². The van der Waals surface area contributed by atoms with Crippen molar-refractivity contribution in [2.24, 2.45) is 17.8 Å². The molecule has 3 aliphatic rings. The molecular formula is C17H23N3O2. The van der Waals surface area contributed by atoms with Gasteiger partial charge in [-0.25, -0.2) is 4.98 Å². The molecule has 0 bridgehead atoms. The standard InChI is InChI=1S/C17H23N3O2/c21-17(20-7-2-1-3-8-20)12-5-4-6-18-16(12)19-9-13-14-10-22-11-15(13)14/h4-6,13-15H,1-3,7-11H2,(H,18,19). The fourth-order valence-electron chi connectivity index (χ4n) is 3.86. The lowest BCUT2D eigenvalue weighted by molar-refractivity contribution is 0.0725. The molecule has 1 N–H and O–H groups in total. The Morgan fingerprint density at radius 1 is 1.27 bits per heavy atom. The molecule has 0 aromatic carbocycles. The lowest BCUT2D eigenvalue weighted by Crippen LogP contribution is -2.36. The van der Waals surface area contributed by atoms with Gasteiger partial charge in [0.15, 0.2) is 0 Å². The highest BCUT2D eigenvalue weighted by atomic mass is 16.5. The van der Waals surface area contributed by atoms with Gasteiger partial charge in [0.25, 0.3) is 5.91 Å². The fraction of sp³-hybridized carbons (Fsp3) is 0.647. The number of hydrogen-bond acceptors (Lipinski definition) is 4. The molecule has 1 aliphatic carbocycles. The number of hydrogen-bond donors (Lipinski definition) is 1. The Balaban J connectivity index is 1.42. The van der Waals surface area contributed by atoms with Gasteiger partial charge in [-0.05, 0) is 49.1 Å². The lowest BCUT2D eigenvalue weighted by atomic mass is 10.1. The SMILES string of the molecule is O=C(c1cccnc1NCC1C2COCC12)N1CCCCC1. The molecule has 1 saturated carbocycles.